The molecule has 1 aromatic heterocycles. The monoisotopic (exact) mass is 378 g/mol. The topological polar surface area (TPSA) is 89.6 Å². The molecule has 1 unspecified atom stereocenters. The molecule has 1 aliphatic rings. The molecule has 1 aromatic carbocycles. The Morgan fingerprint density at radius 2 is 1.86 bits per heavy atom. The summed E-state index contributed by atoms with van der Waals surface area (Å²) in [6.07, 6.45) is 3.04. The van der Waals surface area contributed by atoms with Crippen LogP contribution >= 0.6 is 0 Å². The van der Waals surface area contributed by atoms with Crippen molar-refractivity contribution in [3.05, 3.63) is 71.8 Å². The van der Waals surface area contributed by atoms with Crippen molar-refractivity contribution in [1.29, 1.82) is 5.26 Å². The first-order chi connectivity index (χ1) is 13.6. The highest BCUT2D eigenvalue weighted by molar-refractivity contribution is 5.97. The van der Waals surface area contributed by atoms with Crippen molar-refractivity contribution in [3.63, 3.8) is 0 Å². The minimum atomic E-state index is -0.409. The van der Waals surface area contributed by atoms with Gasteiger partial charge in [0.25, 0.3) is 11.8 Å². The van der Waals surface area contributed by atoms with Crippen LogP contribution in [0.5, 0.6) is 0 Å². The molecule has 0 radical (unpaired) electrons. The zero-order chi connectivity index (χ0) is 19.9. The smallest absolute Gasteiger partial charge is 0.289 e. The Bertz CT molecular complexity index is 876. The number of hydrogen-bond donors (Lipinski definition) is 1. The highest BCUT2D eigenvalue weighted by atomic mass is 16.3. The third-order valence-electron chi connectivity index (χ3n) is 4.66. The van der Waals surface area contributed by atoms with Crippen LogP contribution in [-0.2, 0) is 4.79 Å². The molecule has 3 rings (SSSR count). The zero-order valence-electron chi connectivity index (χ0n) is 15.7. The van der Waals surface area contributed by atoms with Crippen LogP contribution in [0.3, 0.4) is 0 Å². The maximum Gasteiger partial charge on any atom is 0.289 e. The van der Waals surface area contributed by atoms with Crippen LogP contribution in [0.2, 0.25) is 0 Å². The summed E-state index contributed by atoms with van der Waals surface area (Å²) < 4.78 is 5.15. The van der Waals surface area contributed by atoms with Crippen molar-refractivity contribution in [1.82, 2.24) is 15.1 Å². The molecule has 28 heavy (non-hydrogen) atoms. The summed E-state index contributed by atoms with van der Waals surface area (Å²) >= 11 is 0. The SMILES string of the molecule is CC(NC(=O)/C(C#N)=C\N1CCN(C(=O)c2ccco2)CC1)c1ccccc1. The van der Waals surface area contributed by atoms with E-state index < -0.39 is 5.91 Å². The van der Waals surface area contributed by atoms with Gasteiger partial charge < -0.3 is 19.5 Å². The van der Waals surface area contributed by atoms with Gasteiger partial charge in [0.2, 0.25) is 0 Å². The summed E-state index contributed by atoms with van der Waals surface area (Å²) in [4.78, 5) is 28.3. The number of carbonyl (C=O) groups is 2. The van der Waals surface area contributed by atoms with E-state index in [1.165, 1.54) is 6.26 Å². The van der Waals surface area contributed by atoms with Crippen LogP contribution < -0.4 is 5.32 Å². The minimum Gasteiger partial charge on any atom is -0.459 e. The molecule has 144 valence electrons. The quantitative estimate of drug-likeness (QED) is 0.637. The summed E-state index contributed by atoms with van der Waals surface area (Å²) in [5.41, 5.74) is 1.02. The lowest BCUT2D eigenvalue weighted by Crippen LogP contribution is -2.47. The van der Waals surface area contributed by atoms with E-state index in [0.29, 0.717) is 31.9 Å². The molecule has 0 aliphatic carbocycles. The van der Waals surface area contributed by atoms with Crippen LogP contribution in [0, 0.1) is 11.3 Å². The highest BCUT2D eigenvalue weighted by Gasteiger charge is 2.23. The first kappa shape index (κ1) is 19.2. The van der Waals surface area contributed by atoms with E-state index in [-0.39, 0.29) is 17.5 Å². The number of carbonyl (C=O) groups excluding carboxylic acids is 2. The molecule has 2 heterocycles. The van der Waals surface area contributed by atoms with Gasteiger partial charge in [0.1, 0.15) is 11.6 Å². The Balaban J connectivity index is 1.57. The number of rotatable bonds is 5. The Morgan fingerprint density at radius 3 is 2.46 bits per heavy atom. The van der Waals surface area contributed by atoms with E-state index in [1.807, 2.05) is 48.2 Å². The van der Waals surface area contributed by atoms with Gasteiger partial charge in [-0.1, -0.05) is 30.3 Å². The Kier molecular flexibility index (Phi) is 6.12. The molecule has 1 atom stereocenters. The normalized spacial score (nSPS) is 15.6. The number of furan rings is 1. The summed E-state index contributed by atoms with van der Waals surface area (Å²) in [5, 5.41) is 12.2. The zero-order valence-corrected chi connectivity index (χ0v) is 15.7. The van der Waals surface area contributed by atoms with Gasteiger partial charge in [0.05, 0.1) is 12.3 Å². The second-order valence-corrected chi connectivity index (χ2v) is 6.57. The van der Waals surface area contributed by atoms with Crippen LogP contribution in [0.1, 0.15) is 29.1 Å². The number of amides is 2. The number of nitrogens with zero attached hydrogens (tertiary/aromatic N) is 3. The second-order valence-electron chi connectivity index (χ2n) is 6.57. The Morgan fingerprint density at radius 1 is 1.14 bits per heavy atom. The van der Waals surface area contributed by atoms with Crippen molar-refractivity contribution >= 4 is 11.8 Å². The fourth-order valence-electron chi connectivity index (χ4n) is 3.03. The van der Waals surface area contributed by atoms with Crippen molar-refractivity contribution in [2.24, 2.45) is 0 Å². The Hall–Kier alpha value is -3.53. The van der Waals surface area contributed by atoms with Crippen LogP contribution in [0.25, 0.3) is 0 Å². The first-order valence-electron chi connectivity index (χ1n) is 9.13. The van der Waals surface area contributed by atoms with E-state index in [2.05, 4.69) is 5.32 Å². The predicted octanol–water partition coefficient (Wildman–Crippen LogP) is 2.32. The third-order valence-corrected chi connectivity index (χ3v) is 4.66. The molecular formula is C21H22N4O3. The minimum absolute atomic E-state index is 0.0496. The molecule has 2 amide bonds. The predicted molar refractivity (Wildman–Crippen MR) is 103 cm³/mol. The summed E-state index contributed by atoms with van der Waals surface area (Å²) in [7, 11) is 0. The third kappa shape index (κ3) is 4.60. The molecule has 7 nitrogen and oxygen atoms in total. The first-order valence-corrected chi connectivity index (χ1v) is 9.13. The van der Waals surface area contributed by atoms with Gasteiger partial charge in [0.15, 0.2) is 5.76 Å². The molecule has 1 saturated heterocycles. The summed E-state index contributed by atoms with van der Waals surface area (Å²) in [5.74, 6) is -0.243. The standard InChI is InChI=1S/C21H22N4O3/c1-16(17-6-3-2-4-7-17)23-20(26)18(14-22)15-24-9-11-25(12-10-24)21(27)19-8-5-13-28-19/h2-8,13,15-16H,9-12H2,1H3,(H,23,26)/b18-15-. The van der Waals surface area contributed by atoms with Gasteiger partial charge >= 0.3 is 0 Å². The molecule has 0 saturated carbocycles. The lowest BCUT2D eigenvalue weighted by molar-refractivity contribution is -0.117. The number of piperazine rings is 1. The van der Waals surface area contributed by atoms with Gasteiger partial charge in [-0.05, 0) is 24.6 Å². The van der Waals surface area contributed by atoms with E-state index in [1.54, 1.807) is 23.2 Å². The fraction of sp³-hybridized carbons (Fsp3) is 0.286. The van der Waals surface area contributed by atoms with Gasteiger partial charge in [-0.3, -0.25) is 9.59 Å². The summed E-state index contributed by atoms with van der Waals surface area (Å²) in [6.45, 7) is 3.95. The van der Waals surface area contributed by atoms with E-state index in [4.69, 9.17) is 4.42 Å². The van der Waals surface area contributed by atoms with Crippen molar-refractivity contribution in [2.75, 3.05) is 26.2 Å². The molecule has 2 aromatic rings. The molecule has 7 heteroatoms. The number of nitrogens with one attached hydrogen (secondary N) is 1. The molecule has 0 bridgehead atoms. The average Bonchev–Trinajstić information content (AvgIpc) is 3.27. The van der Waals surface area contributed by atoms with Crippen LogP contribution in [0.4, 0.5) is 0 Å². The van der Waals surface area contributed by atoms with Crippen molar-refractivity contribution in [2.45, 2.75) is 13.0 Å². The summed E-state index contributed by atoms with van der Waals surface area (Å²) in [6, 6.07) is 14.7. The molecular weight excluding hydrogens is 356 g/mol. The van der Waals surface area contributed by atoms with E-state index in [9.17, 15) is 14.9 Å². The maximum atomic E-state index is 12.5. The fourth-order valence-corrected chi connectivity index (χ4v) is 3.03. The van der Waals surface area contributed by atoms with E-state index >= 15 is 0 Å². The lowest BCUT2D eigenvalue weighted by atomic mass is 10.1. The van der Waals surface area contributed by atoms with Gasteiger partial charge in [-0.25, -0.2) is 0 Å². The number of benzene rings is 1. The molecule has 1 fully saturated rings. The molecule has 1 aliphatic heterocycles. The Labute approximate surface area is 163 Å². The molecule has 1 N–H and O–H groups in total. The van der Waals surface area contributed by atoms with E-state index in [0.717, 1.165) is 5.56 Å². The number of hydrogen-bond acceptors (Lipinski definition) is 5. The second kappa shape index (κ2) is 8.91. The van der Waals surface area contributed by atoms with Crippen LogP contribution in [-0.4, -0.2) is 47.8 Å². The highest BCUT2D eigenvalue weighted by Crippen LogP contribution is 2.13. The van der Waals surface area contributed by atoms with Crippen molar-refractivity contribution < 1.29 is 14.0 Å². The van der Waals surface area contributed by atoms with Gasteiger partial charge in [-0.15, -0.1) is 0 Å². The molecule has 0 spiro atoms. The van der Waals surface area contributed by atoms with Gasteiger partial charge in [-0.2, -0.15) is 5.26 Å². The van der Waals surface area contributed by atoms with Gasteiger partial charge in [0, 0.05) is 32.4 Å². The maximum absolute atomic E-state index is 12.5. The average molecular weight is 378 g/mol. The van der Waals surface area contributed by atoms with Crippen molar-refractivity contribution in [3.8, 4) is 6.07 Å². The largest absolute Gasteiger partial charge is 0.459 e. The van der Waals surface area contributed by atoms with Crippen LogP contribution in [0.15, 0.2) is 64.9 Å². The number of nitriles is 1. The lowest BCUT2D eigenvalue weighted by Gasteiger charge is -2.33.